The fourth-order valence-electron chi connectivity index (χ4n) is 2.78. The van der Waals surface area contributed by atoms with Crippen molar-refractivity contribution in [3.05, 3.63) is 52.5 Å². The molecule has 1 saturated heterocycles. The number of carbonyl (C=O) groups excluding carboxylic acids is 2. The van der Waals surface area contributed by atoms with Gasteiger partial charge in [-0.05, 0) is 43.3 Å². The summed E-state index contributed by atoms with van der Waals surface area (Å²) in [6.07, 6.45) is 0.0906. The van der Waals surface area contributed by atoms with Crippen molar-refractivity contribution >= 4 is 63.3 Å². The van der Waals surface area contributed by atoms with E-state index in [0.717, 1.165) is 0 Å². The highest BCUT2D eigenvalue weighted by atomic mass is 35.5. The molecule has 0 aromatic heterocycles. The van der Waals surface area contributed by atoms with Crippen molar-refractivity contribution in [2.75, 3.05) is 19.0 Å². The standard InChI is InChI=1S/C20H19Cl2N3O3S/c1-3-25-18(26)11-17(19(27)23-13-6-4-5-12(21)9-13)29-20(25)24-14-7-8-16(28-2)15(22)10-14/h4-10,17H,3,11H2,1-2H3,(H,23,27). The maximum absolute atomic E-state index is 12.7. The zero-order chi connectivity index (χ0) is 21.0. The molecule has 3 rings (SSSR count). The second-order valence-corrected chi connectivity index (χ2v) is 8.17. The number of anilines is 1. The molecule has 152 valence electrons. The number of amides is 2. The van der Waals surface area contributed by atoms with Crippen LogP contribution in [0, 0.1) is 0 Å². The number of hydrogen-bond acceptors (Lipinski definition) is 5. The number of halogens is 2. The zero-order valence-corrected chi connectivity index (χ0v) is 18.1. The second-order valence-electron chi connectivity index (χ2n) is 6.16. The van der Waals surface area contributed by atoms with Gasteiger partial charge in [-0.15, -0.1) is 0 Å². The summed E-state index contributed by atoms with van der Waals surface area (Å²) in [6, 6.07) is 12.0. The molecular weight excluding hydrogens is 433 g/mol. The molecule has 0 spiro atoms. The summed E-state index contributed by atoms with van der Waals surface area (Å²) in [5, 5.41) is 3.60. The largest absolute Gasteiger partial charge is 0.495 e. The summed E-state index contributed by atoms with van der Waals surface area (Å²) in [5.41, 5.74) is 1.15. The predicted molar refractivity (Wildman–Crippen MR) is 119 cm³/mol. The highest BCUT2D eigenvalue weighted by Crippen LogP contribution is 2.33. The van der Waals surface area contributed by atoms with Crippen LogP contribution in [0.2, 0.25) is 10.0 Å². The lowest BCUT2D eigenvalue weighted by atomic mass is 10.2. The third-order valence-electron chi connectivity index (χ3n) is 4.20. The zero-order valence-electron chi connectivity index (χ0n) is 15.8. The Hall–Kier alpha value is -2.22. The van der Waals surface area contributed by atoms with E-state index in [2.05, 4.69) is 10.3 Å². The number of benzene rings is 2. The summed E-state index contributed by atoms with van der Waals surface area (Å²) < 4.78 is 5.15. The number of rotatable bonds is 5. The van der Waals surface area contributed by atoms with E-state index >= 15 is 0 Å². The molecule has 1 unspecified atom stereocenters. The van der Waals surface area contributed by atoms with Gasteiger partial charge in [0.15, 0.2) is 5.17 Å². The van der Waals surface area contributed by atoms with Crippen LogP contribution in [0.3, 0.4) is 0 Å². The van der Waals surface area contributed by atoms with Crippen LogP contribution in [0.1, 0.15) is 13.3 Å². The van der Waals surface area contributed by atoms with Gasteiger partial charge in [0.25, 0.3) is 0 Å². The average molecular weight is 452 g/mol. The Bertz CT molecular complexity index is 968. The van der Waals surface area contributed by atoms with E-state index in [-0.39, 0.29) is 18.2 Å². The lowest BCUT2D eigenvalue weighted by molar-refractivity contribution is -0.129. The third kappa shape index (κ3) is 5.23. The quantitative estimate of drug-likeness (QED) is 0.695. The van der Waals surface area contributed by atoms with Gasteiger partial charge in [0.1, 0.15) is 11.0 Å². The molecule has 6 nitrogen and oxygen atoms in total. The van der Waals surface area contributed by atoms with Gasteiger partial charge in [0.2, 0.25) is 11.8 Å². The van der Waals surface area contributed by atoms with Crippen molar-refractivity contribution in [2.24, 2.45) is 4.99 Å². The summed E-state index contributed by atoms with van der Waals surface area (Å²) in [5.74, 6) is 0.104. The number of amidine groups is 1. The van der Waals surface area contributed by atoms with Crippen molar-refractivity contribution < 1.29 is 14.3 Å². The Labute approximate surface area is 183 Å². The molecule has 2 aromatic carbocycles. The van der Waals surface area contributed by atoms with Crippen molar-refractivity contribution in [2.45, 2.75) is 18.6 Å². The van der Waals surface area contributed by atoms with E-state index < -0.39 is 5.25 Å². The number of thioether (sulfide) groups is 1. The van der Waals surface area contributed by atoms with Crippen LogP contribution in [-0.4, -0.2) is 40.8 Å². The SMILES string of the molecule is CCN1C(=O)CC(C(=O)Nc2cccc(Cl)c2)SC1=Nc1ccc(OC)c(Cl)c1. The van der Waals surface area contributed by atoms with Gasteiger partial charge in [-0.25, -0.2) is 4.99 Å². The Kier molecular flexibility index (Phi) is 7.05. The fourth-order valence-corrected chi connectivity index (χ4v) is 4.38. The van der Waals surface area contributed by atoms with Crippen LogP contribution >= 0.6 is 35.0 Å². The molecule has 1 N–H and O–H groups in total. The Morgan fingerprint density at radius 2 is 2.10 bits per heavy atom. The minimum absolute atomic E-state index is 0.0906. The average Bonchev–Trinajstić information content (AvgIpc) is 2.68. The van der Waals surface area contributed by atoms with E-state index in [1.165, 1.54) is 18.9 Å². The van der Waals surface area contributed by atoms with E-state index in [1.54, 1.807) is 47.4 Å². The van der Waals surface area contributed by atoms with Crippen LogP contribution in [0.4, 0.5) is 11.4 Å². The minimum atomic E-state index is -0.600. The number of nitrogens with one attached hydrogen (secondary N) is 1. The molecule has 0 bridgehead atoms. The highest BCUT2D eigenvalue weighted by molar-refractivity contribution is 8.15. The first-order valence-corrected chi connectivity index (χ1v) is 10.5. The molecule has 1 fully saturated rings. The number of carbonyl (C=O) groups is 2. The summed E-state index contributed by atoms with van der Waals surface area (Å²) >= 11 is 13.4. The molecule has 0 saturated carbocycles. The van der Waals surface area contributed by atoms with Crippen LogP contribution in [-0.2, 0) is 9.59 Å². The Morgan fingerprint density at radius 1 is 1.31 bits per heavy atom. The van der Waals surface area contributed by atoms with Gasteiger partial charge in [-0.2, -0.15) is 0 Å². The van der Waals surface area contributed by atoms with Gasteiger partial charge < -0.3 is 10.1 Å². The summed E-state index contributed by atoms with van der Waals surface area (Å²) in [6.45, 7) is 2.32. The normalized spacial score (nSPS) is 18.1. The molecule has 0 aliphatic carbocycles. The second kappa shape index (κ2) is 9.52. The molecule has 1 aliphatic rings. The van der Waals surface area contributed by atoms with Crippen molar-refractivity contribution in [3.63, 3.8) is 0 Å². The molecule has 29 heavy (non-hydrogen) atoms. The lowest BCUT2D eigenvalue weighted by Crippen LogP contribution is -2.45. The van der Waals surface area contributed by atoms with Gasteiger partial charge in [-0.1, -0.05) is 41.0 Å². The number of ether oxygens (including phenoxy) is 1. The van der Waals surface area contributed by atoms with Gasteiger partial charge in [-0.3, -0.25) is 14.5 Å². The number of methoxy groups -OCH3 is 1. The molecule has 1 heterocycles. The molecule has 0 radical (unpaired) electrons. The monoisotopic (exact) mass is 451 g/mol. The molecule has 1 atom stereocenters. The smallest absolute Gasteiger partial charge is 0.238 e. The van der Waals surface area contributed by atoms with Crippen molar-refractivity contribution in [1.29, 1.82) is 0 Å². The van der Waals surface area contributed by atoms with Crippen LogP contribution in [0.5, 0.6) is 5.75 Å². The van der Waals surface area contributed by atoms with Gasteiger partial charge in [0, 0.05) is 23.7 Å². The number of nitrogens with zero attached hydrogens (tertiary/aromatic N) is 2. The molecular formula is C20H19Cl2N3O3S. The van der Waals surface area contributed by atoms with E-state index in [1.807, 2.05) is 6.92 Å². The highest BCUT2D eigenvalue weighted by Gasteiger charge is 2.35. The Balaban J connectivity index is 1.83. The maximum Gasteiger partial charge on any atom is 0.238 e. The fraction of sp³-hybridized carbons (Fsp3) is 0.250. The first-order valence-electron chi connectivity index (χ1n) is 8.87. The lowest BCUT2D eigenvalue weighted by Gasteiger charge is -2.31. The van der Waals surface area contributed by atoms with E-state index in [9.17, 15) is 9.59 Å². The number of hydrogen-bond donors (Lipinski definition) is 1. The van der Waals surface area contributed by atoms with Gasteiger partial charge >= 0.3 is 0 Å². The predicted octanol–water partition coefficient (Wildman–Crippen LogP) is 4.98. The van der Waals surface area contributed by atoms with Gasteiger partial charge in [0.05, 0.1) is 17.8 Å². The topological polar surface area (TPSA) is 71.0 Å². The third-order valence-corrected chi connectivity index (χ3v) is 5.92. The van der Waals surface area contributed by atoms with Crippen LogP contribution in [0.15, 0.2) is 47.5 Å². The Morgan fingerprint density at radius 3 is 2.76 bits per heavy atom. The number of aliphatic imine (C=N–C) groups is 1. The first kappa shape index (κ1) is 21.5. The van der Waals surface area contributed by atoms with Crippen LogP contribution in [0.25, 0.3) is 0 Å². The van der Waals surface area contributed by atoms with Crippen LogP contribution < -0.4 is 10.1 Å². The maximum atomic E-state index is 12.7. The van der Waals surface area contributed by atoms with Crippen molar-refractivity contribution in [3.8, 4) is 5.75 Å². The first-order chi connectivity index (χ1) is 13.9. The molecule has 2 aromatic rings. The minimum Gasteiger partial charge on any atom is -0.495 e. The molecule has 9 heteroatoms. The summed E-state index contributed by atoms with van der Waals surface area (Å²) in [4.78, 5) is 31.4. The molecule has 1 aliphatic heterocycles. The van der Waals surface area contributed by atoms with Crippen molar-refractivity contribution in [1.82, 2.24) is 4.90 Å². The van der Waals surface area contributed by atoms with E-state index in [0.29, 0.717) is 38.9 Å². The van der Waals surface area contributed by atoms with E-state index in [4.69, 9.17) is 27.9 Å². The summed E-state index contributed by atoms with van der Waals surface area (Å²) in [7, 11) is 1.53. The molecule has 2 amide bonds.